The normalized spacial score (nSPS) is 10.3. The van der Waals surface area contributed by atoms with Crippen LogP contribution >= 0.6 is 0 Å². The molecular formula is C18H21N3O3. The predicted molar refractivity (Wildman–Crippen MR) is 93.0 cm³/mol. The number of carbonyl (C=O) groups excluding carboxylic acids is 2. The van der Waals surface area contributed by atoms with E-state index in [1.165, 1.54) is 0 Å². The van der Waals surface area contributed by atoms with Gasteiger partial charge in [-0.1, -0.05) is 24.3 Å². The van der Waals surface area contributed by atoms with Gasteiger partial charge in [0.1, 0.15) is 5.75 Å². The standard InChI is InChI=1S/C18H21N3O3/c1-12(2)24-16-9-4-3-8-15(16)17(22)20-11-13-6-5-7-14(10-13)21-18(19)23/h3-10,12H,11H2,1-2H3,(H,20,22)(H3,19,21,23). The van der Waals surface area contributed by atoms with Gasteiger partial charge >= 0.3 is 6.03 Å². The topological polar surface area (TPSA) is 93.4 Å². The lowest BCUT2D eigenvalue weighted by molar-refractivity contribution is 0.0945. The van der Waals surface area contributed by atoms with Gasteiger partial charge in [-0.25, -0.2) is 4.79 Å². The number of primary amides is 1. The molecule has 0 heterocycles. The highest BCUT2D eigenvalue weighted by atomic mass is 16.5. The Morgan fingerprint density at radius 1 is 1.12 bits per heavy atom. The molecule has 0 aliphatic carbocycles. The smallest absolute Gasteiger partial charge is 0.316 e. The van der Waals surface area contributed by atoms with Crippen LogP contribution in [0.1, 0.15) is 29.8 Å². The zero-order chi connectivity index (χ0) is 17.5. The van der Waals surface area contributed by atoms with Crippen LogP contribution in [0.4, 0.5) is 10.5 Å². The molecule has 126 valence electrons. The molecule has 6 nitrogen and oxygen atoms in total. The van der Waals surface area contributed by atoms with E-state index in [9.17, 15) is 9.59 Å². The molecule has 0 saturated carbocycles. The fraction of sp³-hybridized carbons (Fsp3) is 0.222. The molecule has 0 spiro atoms. The molecule has 0 aromatic heterocycles. The van der Waals surface area contributed by atoms with Crippen LogP contribution in [0.25, 0.3) is 0 Å². The second kappa shape index (κ2) is 8.01. The zero-order valence-corrected chi connectivity index (χ0v) is 13.7. The van der Waals surface area contributed by atoms with Gasteiger partial charge in [-0.15, -0.1) is 0 Å². The molecule has 0 fully saturated rings. The maximum Gasteiger partial charge on any atom is 0.316 e. The zero-order valence-electron chi connectivity index (χ0n) is 13.7. The van der Waals surface area contributed by atoms with E-state index < -0.39 is 6.03 Å². The number of amides is 3. The first-order valence-corrected chi connectivity index (χ1v) is 7.65. The summed E-state index contributed by atoms with van der Waals surface area (Å²) in [5, 5.41) is 5.35. The van der Waals surface area contributed by atoms with Crippen molar-refractivity contribution in [1.82, 2.24) is 5.32 Å². The molecule has 0 saturated heterocycles. The fourth-order valence-electron chi connectivity index (χ4n) is 2.19. The van der Waals surface area contributed by atoms with Crippen molar-refractivity contribution in [3.63, 3.8) is 0 Å². The Morgan fingerprint density at radius 2 is 1.88 bits per heavy atom. The summed E-state index contributed by atoms with van der Waals surface area (Å²) >= 11 is 0. The second-order valence-electron chi connectivity index (χ2n) is 5.54. The Kier molecular flexibility index (Phi) is 5.78. The average molecular weight is 327 g/mol. The van der Waals surface area contributed by atoms with Crippen molar-refractivity contribution >= 4 is 17.6 Å². The van der Waals surface area contributed by atoms with Crippen LogP contribution in [-0.2, 0) is 6.54 Å². The quantitative estimate of drug-likeness (QED) is 0.761. The second-order valence-corrected chi connectivity index (χ2v) is 5.54. The van der Waals surface area contributed by atoms with Crippen molar-refractivity contribution in [3.05, 3.63) is 59.7 Å². The van der Waals surface area contributed by atoms with E-state index in [0.29, 0.717) is 23.5 Å². The number of para-hydroxylation sites is 1. The highest BCUT2D eigenvalue weighted by Crippen LogP contribution is 2.19. The molecular weight excluding hydrogens is 306 g/mol. The molecule has 2 rings (SSSR count). The molecule has 0 aliphatic rings. The molecule has 2 aromatic carbocycles. The minimum Gasteiger partial charge on any atom is -0.490 e. The van der Waals surface area contributed by atoms with E-state index >= 15 is 0 Å². The average Bonchev–Trinajstić information content (AvgIpc) is 2.52. The lowest BCUT2D eigenvalue weighted by atomic mass is 10.1. The van der Waals surface area contributed by atoms with Gasteiger partial charge in [-0.3, -0.25) is 4.79 Å². The van der Waals surface area contributed by atoms with Crippen LogP contribution < -0.4 is 21.1 Å². The van der Waals surface area contributed by atoms with Crippen molar-refractivity contribution in [3.8, 4) is 5.75 Å². The Hall–Kier alpha value is -3.02. The summed E-state index contributed by atoms with van der Waals surface area (Å²) in [5.74, 6) is 0.327. The number of hydrogen-bond acceptors (Lipinski definition) is 3. The fourth-order valence-corrected chi connectivity index (χ4v) is 2.19. The number of carbonyl (C=O) groups is 2. The van der Waals surface area contributed by atoms with Crippen LogP contribution in [0.3, 0.4) is 0 Å². The van der Waals surface area contributed by atoms with Crippen molar-refractivity contribution in [2.45, 2.75) is 26.5 Å². The lowest BCUT2D eigenvalue weighted by Gasteiger charge is -2.14. The number of anilines is 1. The molecule has 24 heavy (non-hydrogen) atoms. The number of hydrogen-bond donors (Lipinski definition) is 3. The van der Waals surface area contributed by atoms with Crippen LogP contribution in [-0.4, -0.2) is 18.0 Å². The monoisotopic (exact) mass is 327 g/mol. The molecule has 2 aromatic rings. The van der Waals surface area contributed by atoms with Crippen molar-refractivity contribution < 1.29 is 14.3 Å². The van der Waals surface area contributed by atoms with Gasteiger partial charge in [0.05, 0.1) is 11.7 Å². The number of urea groups is 1. The first-order chi connectivity index (χ1) is 11.5. The molecule has 0 atom stereocenters. The van der Waals surface area contributed by atoms with Crippen LogP contribution in [0, 0.1) is 0 Å². The Morgan fingerprint density at radius 3 is 2.58 bits per heavy atom. The predicted octanol–water partition coefficient (Wildman–Crippen LogP) is 2.89. The highest BCUT2D eigenvalue weighted by molar-refractivity contribution is 5.96. The molecule has 6 heteroatoms. The van der Waals surface area contributed by atoms with Gasteiger partial charge in [0, 0.05) is 12.2 Å². The lowest BCUT2D eigenvalue weighted by Crippen LogP contribution is -2.24. The Bertz CT molecular complexity index is 729. The molecule has 0 unspecified atom stereocenters. The van der Waals surface area contributed by atoms with Gasteiger partial charge < -0.3 is 21.1 Å². The highest BCUT2D eigenvalue weighted by Gasteiger charge is 2.12. The number of nitrogens with one attached hydrogen (secondary N) is 2. The van der Waals surface area contributed by atoms with Crippen LogP contribution in [0.5, 0.6) is 5.75 Å². The van der Waals surface area contributed by atoms with Gasteiger partial charge in [0.2, 0.25) is 0 Å². The van der Waals surface area contributed by atoms with E-state index in [-0.39, 0.29) is 12.0 Å². The summed E-state index contributed by atoms with van der Waals surface area (Å²) in [6.07, 6.45) is -0.0181. The van der Waals surface area contributed by atoms with E-state index in [2.05, 4.69) is 10.6 Å². The van der Waals surface area contributed by atoms with Crippen LogP contribution in [0.15, 0.2) is 48.5 Å². The molecule has 0 radical (unpaired) electrons. The Balaban J connectivity index is 2.05. The number of ether oxygens (including phenoxy) is 1. The van der Waals surface area contributed by atoms with Crippen molar-refractivity contribution in [2.75, 3.05) is 5.32 Å². The summed E-state index contributed by atoms with van der Waals surface area (Å²) in [4.78, 5) is 23.3. The molecule has 4 N–H and O–H groups in total. The number of benzene rings is 2. The summed E-state index contributed by atoms with van der Waals surface area (Å²) < 4.78 is 5.66. The molecule has 0 aliphatic heterocycles. The third-order valence-corrected chi connectivity index (χ3v) is 3.14. The van der Waals surface area contributed by atoms with Gasteiger partial charge in [-0.05, 0) is 43.7 Å². The summed E-state index contributed by atoms with van der Waals surface area (Å²) in [6.45, 7) is 4.14. The first kappa shape index (κ1) is 17.3. The summed E-state index contributed by atoms with van der Waals surface area (Å²) in [7, 11) is 0. The van der Waals surface area contributed by atoms with Gasteiger partial charge in [0.25, 0.3) is 5.91 Å². The van der Waals surface area contributed by atoms with E-state index in [0.717, 1.165) is 5.56 Å². The van der Waals surface area contributed by atoms with E-state index in [4.69, 9.17) is 10.5 Å². The van der Waals surface area contributed by atoms with Crippen LogP contribution in [0.2, 0.25) is 0 Å². The van der Waals surface area contributed by atoms with E-state index in [1.807, 2.05) is 26.0 Å². The summed E-state index contributed by atoms with van der Waals surface area (Å²) in [6, 6.07) is 13.6. The summed E-state index contributed by atoms with van der Waals surface area (Å²) in [5.41, 5.74) is 7.00. The maximum absolute atomic E-state index is 12.4. The van der Waals surface area contributed by atoms with Crippen molar-refractivity contribution in [2.24, 2.45) is 5.73 Å². The van der Waals surface area contributed by atoms with Gasteiger partial charge in [-0.2, -0.15) is 0 Å². The number of rotatable bonds is 6. The first-order valence-electron chi connectivity index (χ1n) is 7.65. The Labute approximate surface area is 141 Å². The minimum atomic E-state index is -0.629. The minimum absolute atomic E-state index is 0.0181. The largest absolute Gasteiger partial charge is 0.490 e. The van der Waals surface area contributed by atoms with Crippen molar-refractivity contribution in [1.29, 1.82) is 0 Å². The maximum atomic E-state index is 12.4. The van der Waals surface area contributed by atoms with E-state index in [1.54, 1.807) is 36.4 Å². The third kappa shape index (κ3) is 5.01. The van der Waals surface area contributed by atoms with Gasteiger partial charge in [0.15, 0.2) is 0 Å². The SMILES string of the molecule is CC(C)Oc1ccccc1C(=O)NCc1cccc(NC(N)=O)c1. The molecule has 3 amide bonds. The number of nitrogens with two attached hydrogens (primary N) is 1. The third-order valence-electron chi connectivity index (χ3n) is 3.14. The molecule has 0 bridgehead atoms.